The minimum atomic E-state index is -4.12. The molecule has 7 nitrogen and oxygen atoms in total. The van der Waals surface area contributed by atoms with Gasteiger partial charge < -0.3 is 18.6 Å². The third-order valence-electron chi connectivity index (χ3n) is 11.2. The van der Waals surface area contributed by atoms with Crippen LogP contribution in [0.5, 0.6) is 0 Å². The van der Waals surface area contributed by atoms with Crippen LogP contribution in [0.3, 0.4) is 0 Å². The summed E-state index contributed by atoms with van der Waals surface area (Å²) in [6.45, 7) is 36.2. The van der Waals surface area contributed by atoms with Crippen LogP contribution in [0.1, 0.15) is 105 Å². The predicted octanol–water partition coefficient (Wildman–Crippen LogP) is 10.7. The van der Waals surface area contributed by atoms with Crippen LogP contribution < -0.4 is 0 Å². The fourth-order valence-corrected chi connectivity index (χ4v) is 9.88. The molecule has 7 atom stereocenters. The molecule has 0 N–H and O–H groups in total. The van der Waals surface area contributed by atoms with Crippen LogP contribution in [0.4, 0.5) is 0 Å². The van der Waals surface area contributed by atoms with E-state index in [1.807, 2.05) is 52.0 Å². The van der Waals surface area contributed by atoms with Gasteiger partial charge in [-0.15, -0.1) is 6.58 Å². The molecule has 2 aromatic rings. The molecule has 284 valence electrons. The summed E-state index contributed by atoms with van der Waals surface area (Å²) in [5.74, 6) is -1.12. The van der Waals surface area contributed by atoms with Gasteiger partial charge in [0.15, 0.2) is 14.1 Å². The Bertz CT molecular complexity index is 1550. The maximum absolute atomic E-state index is 14.8. The van der Waals surface area contributed by atoms with Crippen molar-refractivity contribution in [3.8, 4) is 0 Å². The van der Waals surface area contributed by atoms with Crippen molar-refractivity contribution in [3.63, 3.8) is 0 Å². The molecule has 1 aliphatic rings. The highest BCUT2D eigenvalue weighted by Crippen LogP contribution is 2.44. The van der Waals surface area contributed by atoms with Crippen molar-refractivity contribution < 1.29 is 27.1 Å². The van der Waals surface area contributed by atoms with Gasteiger partial charge in [-0.1, -0.05) is 95.6 Å². The summed E-state index contributed by atoms with van der Waals surface area (Å²) >= 11 is 0. The molecule has 0 spiro atoms. The van der Waals surface area contributed by atoms with Gasteiger partial charge in [-0.2, -0.15) is 0 Å². The van der Waals surface area contributed by atoms with Crippen LogP contribution in [0.25, 0.3) is 4.85 Å². The average molecular weight is 740 g/mol. The maximum atomic E-state index is 14.8. The molecule has 0 radical (unpaired) electrons. The first-order valence-corrected chi connectivity index (χ1v) is 23.1. The van der Waals surface area contributed by atoms with Gasteiger partial charge in [-0.3, -0.25) is 4.85 Å². The second kappa shape index (κ2) is 17.7. The van der Waals surface area contributed by atoms with Gasteiger partial charge in [0.05, 0.1) is 42.3 Å². The zero-order chi connectivity index (χ0) is 38.3. The summed E-state index contributed by atoms with van der Waals surface area (Å²) in [5, 5.41) is -0.0159. The number of sulfone groups is 1. The topological polar surface area (TPSA) is 75.4 Å². The van der Waals surface area contributed by atoms with E-state index < -0.39 is 34.9 Å². The molecule has 0 aliphatic carbocycles. The number of hydrogen-bond acceptors (Lipinski definition) is 6. The molecule has 1 unspecified atom stereocenters. The van der Waals surface area contributed by atoms with Gasteiger partial charge in [0.1, 0.15) is 0 Å². The number of benzene rings is 2. The molecule has 1 saturated heterocycles. The van der Waals surface area contributed by atoms with E-state index >= 15 is 0 Å². The second-order valence-electron chi connectivity index (χ2n) is 16.7. The largest absolute Gasteiger partial charge is 0.414 e. The summed E-state index contributed by atoms with van der Waals surface area (Å²) in [6, 6.07) is 17.0. The minimum absolute atomic E-state index is 0.0159. The SMILES string of the molecule is [C-]#[N+]C(CC[C@H](C)[C@H](C[C@@H](CC)OCc1ccccc1)O[Si](C)(C)C(C)(C)C)(C[C@@H]1OC(C)(C)O[C@@H](CC=C)[C@H]1C)S(=O)(=O)c1ccc(C)cc1. The molecule has 0 amide bonds. The molecule has 0 bridgehead atoms. The molecule has 3 rings (SSSR count). The number of aryl methyl sites for hydroxylation is 1. The quantitative estimate of drug-likeness (QED) is 0.0861. The van der Waals surface area contributed by atoms with Crippen molar-refractivity contribution in [2.45, 2.75) is 166 Å². The van der Waals surface area contributed by atoms with Crippen molar-refractivity contribution in [3.05, 3.63) is 89.8 Å². The summed E-state index contributed by atoms with van der Waals surface area (Å²) in [7, 11) is -6.35. The second-order valence-corrected chi connectivity index (χ2v) is 23.7. The first-order chi connectivity index (χ1) is 23.7. The Balaban J connectivity index is 2.00. The van der Waals surface area contributed by atoms with E-state index in [2.05, 4.69) is 71.3 Å². The molecule has 51 heavy (non-hydrogen) atoms. The van der Waals surface area contributed by atoms with E-state index in [4.69, 9.17) is 25.2 Å². The van der Waals surface area contributed by atoms with Gasteiger partial charge in [0.2, 0.25) is 0 Å². The van der Waals surface area contributed by atoms with Crippen LogP contribution in [0.15, 0.2) is 72.1 Å². The fraction of sp³-hybridized carbons (Fsp3) is 0.643. The van der Waals surface area contributed by atoms with Gasteiger partial charge in [-0.05, 0) is 88.2 Å². The van der Waals surface area contributed by atoms with Crippen molar-refractivity contribution in [1.29, 1.82) is 0 Å². The smallest absolute Gasteiger partial charge is 0.336 e. The Hall–Kier alpha value is -2.32. The number of ether oxygens (including phenoxy) is 3. The van der Waals surface area contributed by atoms with Crippen molar-refractivity contribution in [1.82, 2.24) is 0 Å². The molecule has 1 fully saturated rings. The Morgan fingerprint density at radius 2 is 1.67 bits per heavy atom. The minimum Gasteiger partial charge on any atom is -0.414 e. The molecule has 0 aromatic heterocycles. The van der Waals surface area contributed by atoms with E-state index in [1.165, 1.54) is 0 Å². The van der Waals surface area contributed by atoms with Crippen LogP contribution in [0.2, 0.25) is 18.1 Å². The van der Waals surface area contributed by atoms with E-state index in [1.54, 1.807) is 24.3 Å². The third-order valence-corrected chi connectivity index (χ3v) is 18.0. The normalized spacial score (nSPS) is 22.7. The summed E-state index contributed by atoms with van der Waals surface area (Å²) < 4.78 is 55.9. The Morgan fingerprint density at radius 3 is 2.22 bits per heavy atom. The summed E-state index contributed by atoms with van der Waals surface area (Å²) in [4.78, 5) is 2.49. The van der Waals surface area contributed by atoms with Crippen molar-refractivity contribution in [2.75, 3.05) is 0 Å². The number of nitrogens with zero attached hydrogens (tertiary/aromatic N) is 1. The van der Waals surface area contributed by atoms with Crippen LogP contribution in [-0.4, -0.2) is 51.8 Å². The van der Waals surface area contributed by atoms with Crippen LogP contribution in [-0.2, 0) is 35.1 Å². The zero-order valence-corrected chi connectivity index (χ0v) is 35.0. The Kier molecular flexibility index (Phi) is 14.9. The lowest BCUT2D eigenvalue weighted by Crippen LogP contribution is -2.53. The first kappa shape index (κ1) is 43.1. The molecular weight excluding hydrogens is 675 g/mol. The molecule has 1 heterocycles. The monoisotopic (exact) mass is 739 g/mol. The lowest BCUT2D eigenvalue weighted by Gasteiger charge is -2.46. The van der Waals surface area contributed by atoms with Crippen LogP contribution in [0, 0.1) is 25.3 Å². The maximum Gasteiger partial charge on any atom is 0.336 e. The standard InChI is InChI=1S/C42H65NO6SSi/c1-14-19-37-33(5)39(48-41(9,10)47-37)29-42(43-11,50(44,45)36-24-22-31(3)23-25-36)27-26-32(4)38(49-51(12,13)40(6,7)8)28-35(15-2)46-30-34-20-17-16-18-21-34/h14,16-18,20-25,32-33,35,37-39H,1,15,19,26-30H2,2-10,12-13H3/t32-,33+,35+,37-,38-,39-,42?/m0/s1. The highest BCUT2D eigenvalue weighted by Gasteiger charge is 2.56. The van der Waals surface area contributed by atoms with Gasteiger partial charge in [-0.25, -0.2) is 15.0 Å². The number of hydrogen-bond donors (Lipinski definition) is 0. The lowest BCUT2D eigenvalue weighted by atomic mass is 9.86. The van der Waals surface area contributed by atoms with Gasteiger partial charge in [0.25, 0.3) is 9.84 Å². The molecule has 1 aliphatic heterocycles. The Labute approximate surface area is 311 Å². The Morgan fingerprint density at radius 1 is 1.06 bits per heavy atom. The predicted molar refractivity (Wildman–Crippen MR) is 211 cm³/mol. The molecule has 2 aromatic carbocycles. The average Bonchev–Trinajstić information content (AvgIpc) is 3.06. The third kappa shape index (κ3) is 11.1. The van der Waals surface area contributed by atoms with E-state index in [9.17, 15) is 8.42 Å². The highest BCUT2D eigenvalue weighted by atomic mass is 32.2. The van der Waals surface area contributed by atoms with Crippen LogP contribution >= 0.6 is 0 Å². The number of rotatable bonds is 18. The molecular formula is C42H65NO6SSi. The fourth-order valence-electron chi connectivity index (χ4n) is 6.62. The van der Waals surface area contributed by atoms with E-state index in [0.29, 0.717) is 25.9 Å². The highest BCUT2D eigenvalue weighted by molar-refractivity contribution is 7.93. The summed E-state index contributed by atoms with van der Waals surface area (Å²) in [6.07, 6.45) is 3.67. The first-order valence-electron chi connectivity index (χ1n) is 18.7. The van der Waals surface area contributed by atoms with Gasteiger partial charge >= 0.3 is 4.87 Å². The van der Waals surface area contributed by atoms with E-state index in [0.717, 1.165) is 17.5 Å². The molecule has 0 saturated carbocycles. The summed E-state index contributed by atoms with van der Waals surface area (Å²) in [5.41, 5.74) is 2.08. The van der Waals surface area contributed by atoms with Crippen molar-refractivity contribution in [2.24, 2.45) is 11.8 Å². The van der Waals surface area contributed by atoms with E-state index in [-0.39, 0.29) is 52.9 Å². The molecule has 9 heteroatoms. The van der Waals surface area contributed by atoms with Crippen molar-refractivity contribution >= 4 is 18.2 Å². The lowest BCUT2D eigenvalue weighted by molar-refractivity contribution is -0.319. The zero-order valence-electron chi connectivity index (χ0n) is 33.2. The van der Waals surface area contributed by atoms with Gasteiger partial charge in [0, 0.05) is 12.3 Å².